The second-order valence-corrected chi connectivity index (χ2v) is 4.23. The zero-order valence-electron chi connectivity index (χ0n) is 8.59. The lowest BCUT2D eigenvalue weighted by molar-refractivity contribution is 0.312. The van der Waals surface area contributed by atoms with Crippen LogP contribution in [0.15, 0.2) is 22.7 Å². The summed E-state index contributed by atoms with van der Waals surface area (Å²) in [6.45, 7) is 4.78. The van der Waals surface area contributed by atoms with Gasteiger partial charge in [0.15, 0.2) is 0 Å². The maximum absolute atomic E-state index is 5.84. The van der Waals surface area contributed by atoms with Gasteiger partial charge in [-0.05, 0) is 25.5 Å². The van der Waals surface area contributed by atoms with Gasteiger partial charge in [-0.25, -0.2) is 0 Å². The van der Waals surface area contributed by atoms with Crippen molar-refractivity contribution in [1.82, 2.24) is 0 Å². The van der Waals surface area contributed by atoms with E-state index in [0.717, 1.165) is 28.8 Å². The standard InChI is InChI=1S/C11H16BrNO/c1-3-6-14-11-7-9(12)4-5-10(11)8(2)13/h4-5,7-8H,3,6,13H2,1-2H3. The van der Waals surface area contributed by atoms with Crippen LogP contribution in [0.2, 0.25) is 0 Å². The quantitative estimate of drug-likeness (QED) is 0.899. The predicted molar refractivity (Wildman–Crippen MR) is 62.5 cm³/mol. The van der Waals surface area contributed by atoms with E-state index < -0.39 is 0 Å². The average molecular weight is 258 g/mol. The van der Waals surface area contributed by atoms with Gasteiger partial charge in [-0.2, -0.15) is 0 Å². The lowest BCUT2D eigenvalue weighted by atomic mass is 10.1. The number of hydrogen-bond acceptors (Lipinski definition) is 2. The molecule has 1 rings (SSSR count). The summed E-state index contributed by atoms with van der Waals surface area (Å²) >= 11 is 3.42. The van der Waals surface area contributed by atoms with E-state index >= 15 is 0 Å². The van der Waals surface area contributed by atoms with Crippen LogP contribution >= 0.6 is 15.9 Å². The minimum Gasteiger partial charge on any atom is -0.493 e. The van der Waals surface area contributed by atoms with E-state index in [1.54, 1.807) is 0 Å². The van der Waals surface area contributed by atoms with Crippen molar-refractivity contribution in [3.05, 3.63) is 28.2 Å². The fourth-order valence-corrected chi connectivity index (χ4v) is 1.56. The van der Waals surface area contributed by atoms with Crippen LogP contribution in [0.5, 0.6) is 5.75 Å². The van der Waals surface area contributed by atoms with Gasteiger partial charge in [0.05, 0.1) is 6.61 Å². The molecule has 0 aliphatic carbocycles. The molecule has 1 aromatic rings. The Kier molecular flexibility index (Phi) is 4.42. The third-order valence-corrected chi connectivity index (χ3v) is 2.42. The highest BCUT2D eigenvalue weighted by Gasteiger charge is 2.07. The molecular weight excluding hydrogens is 242 g/mol. The van der Waals surface area contributed by atoms with E-state index in [1.165, 1.54) is 0 Å². The molecule has 0 radical (unpaired) electrons. The highest BCUT2D eigenvalue weighted by molar-refractivity contribution is 9.10. The Hall–Kier alpha value is -0.540. The van der Waals surface area contributed by atoms with Crippen LogP contribution in [0.1, 0.15) is 31.9 Å². The van der Waals surface area contributed by atoms with Crippen LogP contribution in [-0.2, 0) is 0 Å². The first kappa shape index (κ1) is 11.5. The lowest BCUT2D eigenvalue weighted by Crippen LogP contribution is -2.08. The molecule has 3 heteroatoms. The largest absolute Gasteiger partial charge is 0.493 e. The monoisotopic (exact) mass is 257 g/mol. The molecule has 0 aromatic heterocycles. The topological polar surface area (TPSA) is 35.2 Å². The van der Waals surface area contributed by atoms with Crippen molar-refractivity contribution in [2.45, 2.75) is 26.3 Å². The first-order chi connectivity index (χ1) is 6.65. The summed E-state index contributed by atoms with van der Waals surface area (Å²) in [6, 6.07) is 5.96. The maximum atomic E-state index is 5.84. The van der Waals surface area contributed by atoms with Gasteiger partial charge in [-0.1, -0.05) is 28.9 Å². The van der Waals surface area contributed by atoms with Crippen molar-refractivity contribution >= 4 is 15.9 Å². The Bertz CT molecular complexity index is 299. The number of nitrogens with two attached hydrogens (primary N) is 1. The summed E-state index contributed by atoms with van der Waals surface area (Å²) in [5.41, 5.74) is 6.90. The number of halogens is 1. The van der Waals surface area contributed by atoms with Crippen LogP contribution in [-0.4, -0.2) is 6.61 Å². The zero-order chi connectivity index (χ0) is 10.6. The summed E-state index contributed by atoms with van der Waals surface area (Å²) in [7, 11) is 0. The first-order valence-corrected chi connectivity index (χ1v) is 5.62. The van der Waals surface area contributed by atoms with Gasteiger partial charge < -0.3 is 10.5 Å². The fourth-order valence-electron chi connectivity index (χ4n) is 1.22. The van der Waals surface area contributed by atoms with Gasteiger partial charge in [-0.15, -0.1) is 0 Å². The number of hydrogen-bond donors (Lipinski definition) is 1. The Morgan fingerprint density at radius 3 is 2.79 bits per heavy atom. The Balaban J connectivity index is 2.91. The molecule has 0 saturated heterocycles. The predicted octanol–water partition coefficient (Wildman–Crippen LogP) is 3.26. The molecular formula is C11H16BrNO. The van der Waals surface area contributed by atoms with Crippen molar-refractivity contribution in [2.75, 3.05) is 6.61 Å². The molecule has 0 heterocycles. The van der Waals surface area contributed by atoms with E-state index in [9.17, 15) is 0 Å². The second-order valence-electron chi connectivity index (χ2n) is 3.32. The van der Waals surface area contributed by atoms with Gasteiger partial charge in [0, 0.05) is 16.1 Å². The molecule has 0 aliphatic rings. The summed E-state index contributed by atoms with van der Waals surface area (Å²) in [5, 5.41) is 0. The molecule has 78 valence electrons. The van der Waals surface area contributed by atoms with Crippen molar-refractivity contribution in [2.24, 2.45) is 5.73 Å². The number of benzene rings is 1. The summed E-state index contributed by atoms with van der Waals surface area (Å²) in [6.07, 6.45) is 1.00. The zero-order valence-corrected chi connectivity index (χ0v) is 10.2. The molecule has 1 aromatic carbocycles. The van der Waals surface area contributed by atoms with Crippen molar-refractivity contribution in [3.8, 4) is 5.75 Å². The lowest BCUT2D eigenvalue weighted by Gasteiger charge is -2.13. The van der Waals surface area contributed by atoms with Crippen LogP contribution < -0.4 is 10.5 Å². The number of ether oxygens (including phenoxy) is 1. The Morgan fingerprint density at radius 1 is 1.50 bits per heavy atom. The normalized spacial score (nSPS) is 12.6. The van der Waals surface area contributed by atoms with Gasteiger partial charge in [-0.3, -0.25) is 0 Å². The van der Waals surface area contributed by atoms with Crippen LogP contribution in [0.25, 0.3) is 0 Å². The van der Waals surface area contributed by atoms with Crippen LogP contribution in [0.4, 0.5) is 0 Å². The summed E-state index contributed by atoms with van der Waals surface area (Å²) < 4.78 is 6.64. The molecule has 14 heavy (non-hydrogen) atoms. The molecule has 0 bridgehead atoms. The minimum atomic E-state index is 0.00922. The molecule has 0 fully saturated rings. The van der Waals surface area contributed by atoms with E-state index in [4.69, 9.17) is 10.5 Å². The number of rotatable bonds is 4. The maximum Gasteiger partial charge on any atom is 0.125 e. The van der Waals surface area contributed by atoms with Gasteiger partial charge in [0.1, 0.15) is 5.75 Å². The van der Waals surface area contributed by atoms with Crippen molar-refractivity contribution in [3.63, 3.8) is 0 Å². The second kappa shape index (κ2) is 5.37. The third kappa shape index (κ3) is 3.00. The summed E-state index contributed by atoms with van der Waals surface area (Å²) in [5.74, 6) is 0.885. The van der Waals surface area contributed by atoms with E-state index in [0.29, 0.717) is 0 Å². The van der Waals surface area contributed by atoms with E-state index in [-0.39, 0.29) is 6.04 Å². The van der Waals surface area contributed by atoms with Gasteiger partial charge in [0.25, 0.3) is 0 Å². The van der Waals surface area contributed by atoms with E-state index in [2.05, 4.69) is 22.9 Å². The van der Waals surface area contributed by atoms with Crippen LogP contribution in [0.3, 0.4) is 0 Å². The molecule has 0 aliphatic heterocycles. The fraction of sp³-hybridized carbons (Fsp3) is 0.455. The molecule has 0 amide bonds. The molecule has 2 N–H and O–H groups in total. The van der Waals surface area contributed by atoms with Crippen LogP contribution in [0, 0.1) is 0 Å². The van der Waals surface area contributed by atoms with Crippen molar-refractivity contribution < 1.29 is 4.74 Å². The first-order valence-electron chi connectivity index (χ1n) is 4.83. The summed E-state index contributed by atoms with van der Waals surface area (Å²) in [4.78, 5) is 0. The minimum absolute atomic E-state index is 0.00922. The Labute approximate surface area is 93.6 Å². The van der Waals surface area contributed by atoms with Crippen molar-refractivity contribution in [1.29, 1.82) is 0 Å². The highest BCUT2D eigenvalue weighted by atomic mass is 79.9. The van der Waals surface area contributed by atoms with Gasteiger partial charge >= 0.3 is 0 Å². The highest BCUT2D eigenvalue weighted by Crippen LogP contribution is 2.27. The average Bonchev–Trinajstić information content (AvgIpc) is 2.14. The van der Waals surface area contributed by atoms with Gasteiger partial charge in [0.2, 0.25) is 0 Å². The SMILES string of the molecule is CCCOc1cc(Br)ccc1C(C)N. The van der Waals surface area contributed by atoms with E-state index in [1.807, 2.05) is 25.1 Å². The molecule has 1 atom stereocenters. The molecule has 1 unspecified atom stereocenters. The Morgan fingerprint density at radius 2 is 2.21 bits per heavy atom. The smallest absolute Gasteiger partial charge is 0.125 e. The molecule has 0 saturated carbocycles. The molecule has 0 spiro atoms. The molecule has 2 nitrogen and oxygen atoms in total. The third-order valence-electron chi connectivity index (χ3n) is 1.93.